The molecule has 0 aliphatic heterocycles. The highest BCUT2D eigenvalue weighted by Gasteiger charge is 2.38. The van der Waals surface area contributed by atoms with E-state index in [0.29, 0.717) is 5.41 Å². The lowest BCUT2D eigenvalue weighted by Crippen LogP contribution is -2.22. The zero-order valence-corrected chi connectivity index (χ0v) is 7.78. The van der Waals surface area contributed by atoms with Crippen molar-refractivity contribution in [1.82, 2.24) is 0 Å². The Hall–Kier alpha value is 0. The molecule has 1 fully saturated rings. The summed E-state index contributed by atoms with van der Waals surface area (Å²) in [5.74, 6) is 1.93. The molecule has 1 rings (SSSR count). The SMILES string of the molecule is CCC1CCC(C)C1(C)C. The second-order valence-electron chi connectivity index (χ2n) is 4.40. The molecule has 1 saturated carbocycles. The van der Waals surface area contributed by atoms with Crippen molar-refractivity contribution in [3.63, 3.8) is 0 Å². The summed E-state index contributed by atoms with van der Waals surface area (Å²) in [4.78, 5) is 0. The maximum Gasteiger partial charge on any atom is -0.0300 e. The first kappa shape index (κ1) is 8.10. The van der Waals surface area contributed by atoms with Gasteiger partial charge >= 0.3 is 0 Å². The van der Waals surface area contributed by atoms with E-state index in [4.69, 9.17) is 0 Å². The van der Waals surface area contributed by atoms with E-state index in [2.05, 4.69) is 27.7 Å². The van der Waals surface area contributed by atoms with Gasteiger partial charge in [-0.05, 0) is 30.1 Å². The molecule has 0 amide bonds. The van der Waals surface area contributed by atoms with Crippen LogP contribution >= 0.6 is 0 Å². The Bertz CT molecular complexity index is 113. The van der Waals surface area contributed by atoms with E-state index in [0.717, 1.165) is 11.8 Å². The summed E-state index contributed by atoms with van der Waals surface area (Å²) < 4.78 is 0. The third kappa shape index (κ3) is 1.09. The summed E-state index contributed by atoms with van der Waals surface area (Å²) in [7, 11) is 0. The first-order chi connectivity index (χ1) is 4.59. The van der Waals surface area contributed by atoms with E-state index in [1.54, 1.807) is 0 Å². The summed E-state index contributed by atoms with van der Waals surface area (Å²) in [6, 6.07) is 0. The molecule has 0 radical (unpaired) electrons. The van der Waals surface area contributed by atoms with Crippen molar-refractivity contribution in [3.05, 3.63) is 0 Å². The van der Waals surface area contributed by atoms with Crippen molar-refractivity contribution >= 4 is 0 Å². The van der Waals surface area contributed by atoms with Crippen LogP contribution in [-0.4, -0.2) is 0 Å². The lowest BCUT2D eigenvalue weighted by molar-refractivity contribution is 0.193. The first-order valence-corrected chi connectivity index (χ1v) is 4.59. The molecule has 2 atom stereocenters. The standard InChI is InChI=1S/C10H20/c1-5-9-7-6-8(2)10(9,3)4/h8-9H,5-7H2,1-4H3. The van der Waals surface area contributed by atoms with E-state index in [-0.39, 0.29) is 0 Å². The molecule has 1 aliphatic carbocycles. The van der Waals surface area contributed by atoms with Crippen molar-refractivity contribution in [1.29, 1.82) is 0 Å². The summed E-state index contributed by atoms with van der Waals surface area (Å²) in [5, 5.41) is 0. The van der Waals surface area contributed by atoms with Crippen LogP contribution in [0.15, 0.2) is 0 Å². The highest BCUT2D eigenvalue weighted by molar-refractivity contribution is 4.88. The number of hydrogen-bond acceptors (Lipinski definition) is 0. The molecule has 1 aliphatic rings. The van der Waals surface area contributed by atoms with Crippen LogP contribution in [0.5, 0.6) is 0 Å². The van der Waals surface area contributed by atoms with Gasteiger partial charge in [-0.3, -0.25) is 0 Å². The molecule has 0 N–H and O–H groups in total. The molecule has 0 aromatic rings. The fourth-order valence-electron chi connectivity index (χ4n) is 2.33. The van der Waals surface area contributed by atoms with Crippen molar-refractivity contribution < 1.29 is 0 Å². The highest BCUT2D eigenvalue weighted by Crippen LogP contribution is 2.48. The minimum atomic E-state index is 0.620. The van der Waals surface area contributed by atoms with E-state index in [1.165, 1.54) is 19.3 Å². The van der Waals surface area contributed by atoms with Gasteiger partial charge < -0.3 is 0 Å². The summed E-state index contributed by atoms with van der Waals surface area (Å²) in [6.07, 6.45) is 4.29. The normalized spacial score (nSPS) is 38.4. The van der Waals surface area contributed by atoms with Gasteiger partial charge in [0.1, 0.15) is 0 Å². The maximum atomic E-state index is 2.43. The van der Waals surface area contributed by atoms with Crippen LogP contribution in [0.4, 0.5) is 0 Å². The average molecular weight is 140 g/mol. The predicted octanol–water partition coefficient (Wildman–Crippen LogP) is 3.47. The molecule has 0 aromatic carbocycles. The van der Waals surface area contributed by atoms with E-state index in [9.17, 15) is 0 Å². The Labute approximate surface area is 65.0 Å². The molecule has 0 heteroatoms. The summed E-state index contributed by atoms with van der Waals surface area (Å²) >= 11 is 0. The molecule has 2 unspecified atom stereocenters. The van der Waals surface area contributed by atoms with Crippen LogP contribution in [0, 0.1) is 17.3 Å². The number of hydrogen-bond donors (Lipinski definition) is 0. The lowest BCUT2D eigenvalue weighted by atomic mass is 9.75. The van der Waals surface area contributed by atoms with Gasteiger partial charge in [0.2, 0.25) is 0 Å². The molecule has 0 aromatic heterocycles. The van der Waals surface area contributed by atoms with Gasteiger partial charge in [-0.25, -0.2) is 0 Å². The smallest absolute Gasteiger partial charge is 0.0300 e. The van der Waals surface area contributed by atoms with Gasteiger partial charge in [0, 0.05) is 0 Å². The van der Waals surface area contributed by atoms with Crippen LogP contribution in [0.3, 0.4) is 0 Å². The van der Waals surface area contributed by atoms with Crippen molar-refractivity contribution in [2.45, 2.75) is 47.0 Å². The van der Waals surface area contributed by atoms with Crippen LogP contribution in [0.25, 0.3) is 0 Å². The zero-order chi connectivity index (χ0) is 7.78. The van der Waals surface area contributed by atoms with E-state index in [1.807, 2.05) is 0 Å². The van der Waals surface area contributed by atoms with Crippen LogP contribution < -0.4 is 0 Å². The molecule has 0 saturated heterocycles. The Balaban J connectivity index is 2.64. The molecule has 60 valence electrons. The highest BCUT2D eigenvalue weighted by atomic mass is 14.4. The summed E-state index contributed by atoms with van der Waals surface area (Å²) in [5.41, 5.74) is 0.620. The lowest BCUT2D eigenvalue weighted by Gasteiger charge is -2.30. The fraction of sp³-hybridized carbons (Fsp3) is 1.00. The van der Waals surface area contributed by atoms with Gasteiger partial charge in [0.25, 0.3) is 0 Å². The second kappa shape index (κ2) is 2.56. The first-order valence-electron chi connectivity index (χ1n) is 4.59. The Morgan fingerprint density at radius 2 is 1.90 bits per heavy atom. The minimum Gasteiger partial charge on any atom is -0.0651 e. The fourth-order valence-corrected chi connectivity index (χ4v) is 2.33. The Morgan fingerprint density at radius 1 is 1.30 bits per heavy atom. The molecular formula is C10H20. The van der Waals surface area contributed by atoms with Gasteiger partial charge in [-0.1, -0.05) is 34.1 Å². The van der Waals surface area contributed by atoms with Crippen LogP contribution in [0.2, 0.25) is 0 Å². The van der Waals surface area contributed by atoms with Crippen LogP contribution in [-0.2, 0) is 0 Å². The predicted molar refractivity (Wildman–Crippen MR) is 46.0 cm³/mol. The molecule has 10 heavy (non-hydrogen) atoms. The monoisotopic (exact) mass is 140 g/mol. The molecule has 0 heterocycles. The van der Waals surface area contributed by atoms with Crippen molar-refractivity contribution in [2.75, 3.05) is 0 Å². The largest absolute Gasteiger partial charge is 0.0651 e. The molecular weight excluding hydrogens is 120 g/mol. The van der Waals surface area contributed by atoms with E-state index < -0.39 is 0 Å². The Morgan fingerprint density at radius 3 is 2.10 bits per heavy atom. The topological polar surface area (TPSA) is 0 Å². The van der Waals surface area contributed by atoms with Crippen LogP contribution in [0.1, 0.15) is 47.0 Å². The third-order valence-corrected chi connectivity index (χ3v) is 3.76. The van der Waals surface area contributed by atoms with Gasteiger partial charge in [0.05, 0.1) is 0 Å². The molecule has 0 bridgehead atoms. The average Bonchev–Trinajstić information content (AvgIpc) is 2.10. The van der Waals surface area contributed by atoms with Crippen molar-refractivity contribution in [2.24, 2.45) is 17.3 Å². The quantitative estimate of drug-likeness (QED) is 0.523. The minimum absolute atomic E-state index is 0.620. The zero-order valence-electron chi connectivity index (χ0n) is 7.78. The number of rotatable bonds is 1. The van der Waals surface area contributed by atoms with Crippen molar-refractivity contribution in [3.8, 4) is 0 Å². The Kier molecular flexibility index (Phi) is 2.07. The molecule has 0 nitrogen and oxygen atoms in total. The summed E-state index contributed by atoms with van der Waals surface area (Å²) in [6.45, 7) is 9.58. The maximum absolute atomic E-state index is 2.43. The van der Waals surface area contributed by atoms with Gasteiger partial charge in [-0.2, -0.15) is 0 Å². The van der Waals surface area contributed by atoms with Gasteiger partial charge in [-0.15, -0.1) is 0 Å². The third-order valence-electron chi connectivity index (χ3n) is 3.76. The van der Waals surface area contributed by atoms with Gasteiger partial charge in [0.15, 0.2) is 0 Å². The molecule has 0 spiro atoms. The second-order valence-corrected chi connectivity index (χ2v) is 4.40. The van der Waals surface area contributed by atoms with E-state index >= 15 is 0 Å².